The normalized spacial score (nSPS) is 13.4. The van der Waals surface area contributed by atoms with Gasteiger partial charge in [0.25, 0.3) is 5.92 Å². The number of rotatable bonds is 1. The van der Waals surface area contributed by atoms with Gasteiger partial charge >= 0.3 is 0 Å². The summed E-state index contributed by atoms with van der Waals surface area (Å²) in [4.78, 5) is -0.470. The summed E-state index contributed by atoms with van der Waals surface area (Å²) in [6.45, 7) is 6.12. The van der Waals surface area contributed by atoms with Crippen molar-refractivity contribution >= 4 is 11.3 Å². The van der Waals surface area contributed by atoms with Crippen LogP contribution in [-0.4, -0.2) is 0 Å². The van der Waals surface area contributed by atoms with Crippen LogP contribution in [0.5, 0.6) is 0 Å². The van der Waals surface area contributed by atoms with Crippen molar-refractivity contribution in [1.29, 1.82) is 0 Å². The lowest BCUT2D eigenvalue weighted by Gasteiger charge is -2.17. The van der Waals surface area contributed by atoms with Crippen molar-refractivity contribution in [2.24, 2.45) is 0 Å². The molecule has 80 valence electrons. The first-order chi connectivity index (χ1) is 6.14. The number of halogens is 3. The zero-order chi connectivity index (χ0) is 11.1. The van der Waals surface area contributed by atoms with Crippen LogP contribution in [-0.2, 0) is 11.3 Å². The summed E-state index contributed by atoms with van der Waals surface area (Å²) < 4.78 is 39.3. The standard InChI is InChI=1S/C10H13F3S/c1-9(2,3)6-5-14-8(7(6)11)10(4,12)13/h5H,1-4H3. The minimum atomic E-state index is -3.09. The Labute approximate surface area is 85.8 Å². The van der Waals surface area contributed by atoms with E-state index in [1.807, 2.05) is 0 Å². The van der Waals surface area contributed by atoms with E-state index in [9.17, 15) is 13.2 Å². The maximum Gasteiger partial charge on any atom is 0.282 e. The fourth-order valence-corrected chi connectivity index (χ4v) is 2.26. The van der Waals surface area contributed by atoms with E-state index in [1.54, 1.807) is 20.8 Å². The molecule has 1 aromatic heterocycles. The third-order valence-electron chi connectivity index (χ3n) is 1.94. The van der Waals surface area contributed by atoms with Gasteiger partial charge in [-0.05, 0) is 10.8 Å². The summed E-state index contributed by atoms with van der Waals surface area (Å²) in [7, 11) is 0. The summed E-state index contributed by atoms with van der Waals surface area (Å²) >= 11 is 0.785. The van der Waals surface area contributed by atoms with E-state index < -0.39 is 22.0 Å². The molecule has 0 spiro atoms. The Morgan fingerprint density at radius 3 is 1.86 bits per heavy atom. The molecule has 0 N–H and O–H groups in total. The summed E-state index contributed by atoms with van der Waals surface area (Å²) in [5, 5.41) is 1.47. The molecule has 0 aliphatic heterocycles. The van der Waals surface area contributed by atoms with Crippen molar-refractivity contribution in [3.8, 4) is 0 Å². The molecule has 1 heterocycles. The number of hydrogen-bond donors (Lipinski definition) is 0. The van der Waals surface area contributed by atoms with Crippen LogP contribution >= 0.6 is 11.3 Å². The van der Waals surface area contributed by atoms with Crippen molar-refractivity contribution in [3.05, 3.63) is 21.6 Å². The minimum Gasteiger partial charge on any atom is -0.205 e. The lowest BCUT2D eigenvalue weighted by molar-refractivity contribution is 0.0179. The van der Waals surface area contributed by atoms with Gasteiger partial charge in [0.2, 0.25) is 0 Å². The van der Waals surface area contributed by atoms with Crippen molar-refractivity contribution in [2.75, 3.05) is 0 Å². The van der Waals surface area contributed by atoms with Gasteiger partial charge < -0.3 is 0 Å². The molecule has 1 aromatic rings. The monoisotopic (exact) mass is 222 g/mol. The molecule has 0 aliphatic rings. The van der Waals surface area contributed by atoms with Gasteiger partial charge in [-0.3, -0.25) is 0 Å². The zero-order valence-corrected chi connectivity index (χ0v) is 9.44. The van der Waals surface area contributed by atoms with Crippen molar-refractivity contribution in [2.45, 2.75) is 39.0 Å². The fraction of sp³-hybridized carbons (Fsp3) is 0.600. The van der Waals surface area contributed by atoms with Crippen molar-refractivity contribution in [1.82, 2.24) is 0 Å². The van der Waals surface area contributed by atoms with Crippen molar-refractivity contribution in [3.63, 3.8) is 0 Å². The van der Waals surface area contributed by atoms with Crippen LogP contribution in [0, 0.1) is 5.82 Å². The Balaban J connectivity index is 3.23. The van der Waals surface area contributed by atoms with E-state index in [4.69, 9.17) is 0 Å². The summed E-state index contributed by atoms with van der Waals surface area (Å²) in [5.74, 6) is -3.84. The molecule has 0 atom stereocenters. The predicted octanol–water partition coefficient (Wildman–Crippen LogP) is 4.30. The van der Waals surface area contributed by atoms with Crippen LogP contribution in [0.4, 0.5) is 13.2 Å². The molecule has 0 fully saturated rings. The van der Waals surface area contributed by atoms with Crippen LogP contribution in [0.3, 0.4) is 0 Å². The maximum absolute atomic E-state index is 13.6. The van der Waals surface area contributed by atoms with Crippen LogP contribution in [0.1, 0.15) is 38.1 Å². The molecule has 0 bridgehead atoms. The largest absolute Gasteiger partial charge is 0.282 e. The first-order valence-electron chi connectivity index (χ1n) is 4.30. The minimum absolute atomic E-state index is 0.360. The molecule has 0 amide bonds. The van der Waals surface area contributed by atoms with Crippen LogP contribution < -0.4 is 0 Å². The smallest absolute Gasteiger partial charge is 0.205 e. The fourth-order valence-electron chi connectivity index (χ4n) is 1.15. The van der Waals surface area contributed by atoms with Gasteiger partial charge in [-0.1, -0.05) is 20.8 Å². The third kappa shape index (κ3) is 2.11. The Morgan fingerprint density at radius 1 is 1.14 bits per heavy atom. The molecule has 4 heteroatoms. The summed E-state index contributed by atoms with van der Waals surface area (Å²) in [6, 6.07) is 0. The Kier molecular flexibility index (Phi) is 2.69. The van der Waals surface area contributed by atoms with E-state index in [0.717, 1.165) is 11.3 Å². The topological polar surface area (TPSA) is 0 Å². The number of thiophene rings is 1. The Bertz CT molecular complexity index is 297. The van der Waals surface area contributed by atoms with E-state index in [-0.39, 0.29) is 0 Å². The second kappa shape index (κ2) is 3.26. The number of hydrogen-bond acceptors (Lipinski definition) is 1. The van der Waals surface area contributed by atoms with Gasteiger partial charge in [0.15, 0.2) is 0 Å². The highest BCUT2D eigenvalue weighted by Crippen LogP contribution is 2.39. The molecule has 1 rings (SSSR count). The van der Waals surface area contributed by atoms with Gasteiger partial charge in [0, 0.05) is 12.5 Å². The molecule has 14 heavy (non-hydrogen) atoms. The van der Waals surface area contributed by atoms with Gasteiger partial charge in [0.05, 0.1) is 0 Å². The lowest BCUT2D eigenvalue weighted by Crippen LogP contribution is -2.14. The quantitative estimate of drug-likeness (QED) is 0.664. The second-order valence-corrected chi connectivity index (χ2v) is 5.31. The highest BCUT2D eigenvalue weighted by atomic mass is 32.1. The highest BCUT2D eigenvalue weighted by molar-refractivity contribution is 7.10. The first-order valence-corrected chi connectivity index (χ1v) is 5.18. The number of alkyl halides is 2. The van der Waals surface area contributed by atoms with Crippen LogP contribution in [0.15, 0.2) is 5.38 Å². The molecular weight excluding hydrogens is 209 g/mol. The average Bonchev–Trinajstić information content (AvgIpc) is 2.26. The Hall–Kier alpha value is -0.510. The molecule has 0 radical (unpaired) electrons. The maximum atomic E-state index is 13.6. The average molecular weight is 222 g/mol. The molecule has 0 unspecified atom stereocenters. The first kappa shape index (κ1) is 11.6. The van der Waals surface area contributed by atoms with Crippen LogP contribution in [0.25, 0.3) is 0 Å². The zero-order valence-electron chi connectivity index (χ0n) is 8.62. The molecule has 0 nitrogen and oxygen atoms in total. The molecular formula is C10H13F3S. The molecule has 0 aliphatic carbocycles. The van der Waals surface area contributed by atoms with E-state index in [2.05, 4.69) is 0 Å². The van der Waals surface area contributed by atoms with Gasteiger partial charge in [-0.15, -0.1) is 11.3 Å². The van der Waals surface area contributed by atoms with Crippen LogP contribution in [0.2, 0.25) is 0 Å². The molecule has 0 saturated heterocycles. The molecule has 0 aromatic carbocycles. The Morgan fingerprint density at radius 2 is 1.64 bits per heavy atom. The van der Waals surface area contributed by atoms with Crippen molar-refractivity contribution < 1.29 is 13.2 Å². The highest BCUT2D eigenvalue weighted by Gasteiger charge is 2.34. The van der Waals surface area contributed by atoms with Gasteiger partial charge in [0.1, 0.15) is 10.7 Å². The second-order valence-electron chi connectivity index (χ2n) is 4.43. The van der Waals surface area contributed by atoms with Gasteiger partial charge in [-0.2, -0.15) is 0 Å². The van der Waals surface area contributed by atoms with E-state index in [0.29, 0.717) is 12.5 Å². The lowest BCUT2D eigenvalue weighted by atomic mass is 9.88. The van der Waals surface area contributed by atoms with E-state index >= 15 is 0 Å². The summed E-state index contributed by atoms with van der Waals surface area (Å²) in [6.07, 6.45) is 0. The van der Waals surface area contributed by atoms with E-state index in [1.165, 1.54) is 5.38 Å². The third-order valence-corrected chi connectivity index (χ3v) is 3.06. The molecule has 0 saturated carbocycles. The van der Waals surface area contributed by atoms with Gasteiger partial charge in [-0.25, -0.2) is 13.2 Å². The summed E-state index contributed by atoms with van der Waals surface area (Å²) in [5.41, 5.74) is -0.0663. The SMILES string of the molecule is CC(C)(C)c1csc(C(C)(F)F)c1F. The predicted molar refractivity (Wildman–Crippen MR) is 52.5 cm³/mol.